The van der Waals surface area contributed by atoms with Gasteiger partial charge in [0.05, 0.1) is 6.04 Å². The van der Waals surface area contributed by atoms with E-state index in [9.17, 15) is 4.79 Å². The Hall–Kier alpha value is -0.570. The van der Waals surface area contributed by atoms with Gasteiger partial charge in [-0.25, -0.2) is 0 Å². The number of carbonyl (C=O) groups is 1. The summed E-state index contributed by atoms with van der Waals surface area (Å²) in [7, 11) is 1.72. The Balaban J connectivity index is 2.57. The topological polar surface area (TPSA) is 41.1 Å². The Labute approximate surface area is 93.0 Å². The van der Waals surface area contributed by atoms with Gasteiger partial charge in [0.2, 0.25) is 5.91 Å². The molecular weight excluding hydrogens is 188 g/mol. The van der Waals surface area contributed by atoms with Crippen LogP contribution < -0.4 is 10.6 Å². The Kier molecular flexibility index (Phi) is 5.09. The summed E-state index contributed by atoms with van der Waals surface area (Å²) in [4.78, 5) is 11.8. The van der Waals surface area contributed by atoms with Crippen molar-refractivity contribution in [3.63, 3.8) is 0 Å². The monoisotopic (exact) mass is 212 g/mol. The fourth-order valence-electron chi connectivity index (χ4n) is 2.41. The van der Waals surface area contributed by atoms with E-state index in [2.05, 4.69) is 24.5 Å². The van der Waals surface area contributed by atoms with Gasteiger partial charge in [-0.05, 0) is 18.8 Å². The van der Waals surface area contributed by atoms with E-state index in [0.29, 0.717) is 12.0 Å². The average molecular weight is 212 g/mol. The van der Waals surface area contributed by atoms with Crippen LogP contribution in [0.5, 0.6) is 0 Å². The molecule has 1 rings (SSSR count). The van der Waals surface area contributed by atoms with Gasteiger partial charge in [-0.3, -0.25) is 4.79 Å². The molecule has 0 aromatic rings. The lowest BCUT2D eigenvalue weighted by atomic mass is 9.83. The molecule has 0 saturated heterocycles. The summed E-state index contributed by atoms with van der Waals surface area (Å²) >= 11 is 0. The lowest BCUT2D eigenvalue weighted by Crippen LogP contribution is -2.50. The van der Waals surface area contributed by atoms with Gasteiger partial charge in [-0.1, -0.05) is 33.1 Å². The van der Waals surface area contributed by atoms with Gasteiger partial charge in [0.15, 0.2) is 0 Å². The molecule has 0 heterocycles. The highest BCUT2D eigenvalue weighted by Crippen LogP contribution is 2.26. The number of amides is 1. The van der Waals surface area contributed by atoms with Crippen LogP contribution in [-0.4, -0.2) is 25.0 Å². The second-order valence-electron chi connectivity index (χ2n) is 4.81. The van der Waals surface area contributed by atoms with Gasteiger partial charge in [0.1, 0.15) is 0 Å². The smallest absolute Gasteiger partial charge is 0.237 e. The molecule has 3 heteroatoms. The fourth-order valence-corrected chi connectivity index (χ4v) is 2.41. The van der Waals surface area contributed by atoms with Crippen LogP contribution >= 0.6 is 0 Å². The van der Waals surface area contributed by atoms with E-state index in [1.54, 1.807) is 7.05 Å². The lowest BCUT2D eigenvalue weighted by Gasteiger charge is -2.31. The van der Waals surface area contributed by atoms with Gasteiger partial charge in [-0.15, -0.1) is 0 Å². The second-order valence-corrected chi connectivity index (χ2v) is 4.81. The zero-order chi connectivity index (χ0) is 11.3. The minimum absolute atomic E-state index is 0.00954. The molecule has 3 nitrogen and oxygen atoms in total. The minimum Gasteiger partial charge on any atom is -0.358 e. The van der Waals surface area contributed by atoms with Crippen LogP contribution in [0.4, 0.5) is 0 Å². The predicted octanol–water partition coefficient (Wildman–Crippen LogP) is 1.68. The quantitative estimate of drug-likeness (QED) is 0.744. The van der Waals surface area contributed by atoms with Crippen LogP contribution in [0.25, 0.3) is 0 Å². The maximum absolute atomic E-state index is 11.8. The summed E-state index contributed by atoms with van der Waals surface area (Å²) < 4.78 is 0. The van der Waals surface area contributed by atoms with Crippen molar-refractivity contribution in [2.24, 2.45) is 5.92 Å². The first kappa shape index (κ1) is 12.5. The molecule has 1 saturated carbocycles. The van der Waals surface area contributed by atoms with Gasteiger partial charge >= 0.3 is 0 Å². The molecular formula is C12H24N2O. The highest BCUT2D eigenvalue weighted by Gasteiger charge is 2.28. The van der Waals surface area contributed by atoms with E-state index in [1.165, 1.54) is 32.1 Å². The molecule has 1 atom stereocenters. The summed E-state index contributed by atoms with van der Waals surface area (Å²) in [6, 6.07) is 0.379. The van der Waals surface area contributed by atoms with E-state index in [-0.39, 0.29) is 11.9 Å². The molecule has 0 unspecified atom stereocenters. The van der Waals surface area contributed by atoms with Crippen molar-refractivity contribution in [1.29, 1.82) is 0 Å². The minimum atomic E-state index is 0.00954. The average Bonchev–Trinajstić information content (AvgIpc) is 2.26. The van der Waals surface area contributed by atoms with Crippen LogP contribution in [-0.2, 0) is 4.79 Å². The zero-order valence-corrected chi connectivity index (χ0v) is 10.2. The van der Waals surface area contributed by atoms with Crippen LogP contribution in [0.3, 0.4) is 0 Å². The molecule has 0 aromatic heterocycles. The number of hydrogen-bond donors (Lipinski definition) is 2. The molecule has 15 heavy (non-hydrogen) atoms. The number of nitrogens with one attached hydrogen (secondary N) is 2. The highest BCUT2D eigenvalue weighted by molar-refractivity contribution is 5.81. The van der Waals surface area contributed by atoms with Crippen LogP contribution in [0.2, 0.25) is 0 Å². The molecule has 1 amide bonds. The van der Waals surface area contributed by atoms with Gasteiger partial charge in [0.25, 0.3) is 0 Å². The summed E-state index contributed by atoms with van der Waals surface area (Å²) in [6.07, 6.45) is 6.27. The summed E-state index contributed by atoms with van der Waals surface area (Å²) in [5.74, 6) is 0.678. The van der Waals surface area contributed by atoms with Gasteiger partial charge < -0.3 is 10.6 Å². The number of rotatable bonds is 4. The number of likely N-dealkylation sites (N-methyl/N-ethyl adjacent to an activating group) is 1. The van der Waals surface area contributed by atoms with Crippen LogP contribution in [0.1, 0.15) is 46.0 Å². The van der Waals surface area contributed by atoms with Crippen LogP contribution in [0, 0.1) is 5.92 Å². The molecule has 1 fully saturated rings. The standard InChI is InChI=1S/C12H24N2O/c1-9(2)14-11(12(15)13-3)10-7-5-4-6-8-10/h9-11,14H,4-8H2,1-3H3,(H,13,15)/t11-/m1/s1. The third kappa shape index (κ3) is 3.82. The fraction of sp³-hybridized carbons (Fsp3) is 0.917. The van der Waals surface area contributed by atoms with E-state index in [4.69, 9.17) is 0 Å². The number of carbonyl (C=O) groups excluding carboxylic acids is 1. The first-order valence-electron chi connectivity index (χ1n) is 6.12. The maximum Gasteiger partial charge on any atom is 0.237 e. The summed E-state index contributed by atoms with van der Waals surface area (Å²) in [6.45, 7) is 4.19. The first-order chi connectivity index (χ1) is 7.15. The predicted molar refractivity (Wildman–Crippen MR) is 62.7 cm³/mol. The lowest BCUT2D eigenvalue weighted by molar-refractivity contribution is -0.124. The van der Waals surface area contributed by atoms with Gasteiger partial charge in [-0.2, -0.15) is 0 Å². The van der Waals surface area contributed by atoms with Crippen molar-refractivity contribution in [3.8, 4) is 0 Å². The summed E-state index contributed by atoms with van der Waals surface area (Å²) in [5, 5.41) is 6.15. The normalized spacial score (nSPS) is 20.3. The van der Waals surface area contributed by atoms with Crippen molar-refractivity contribution >= 4 is 5.91 Å². The van der Waals surface area contributed by atoms with Crippen molar-refractivity contribution in [1.82, 2.24) is 10.6 Å². The Morgan fingerprint density at radius 1 is 1.20 bits per heavy atom. The SMILES string of the molecule is CNC(=O)[C@H](NC(C)C)C1CCCCC1. The van der Waals surface area contributed by atoms with E-state index in [0.717, 1.165) is 0 Å². The second kappa shape index (κ2) is 6.11. The van der Waals surface area contributed by atoms with E-state index < -0.39 is 0 Å². The molecule has 0 aromatic carbocycles. The Morgan fingerprint density at radius 3 is 2.27 bits per heavy atom. The molecule has 0 spiro atoms. The molecule has 0 radical (unpaired) electrons. The first-order valence-corrected chi connectivity index (χ1v) is 6.12. The van der Waals surface area contributed by atoms with Crippen molar-refractivity contribution < 1.29 is 4.79 Å². The van der Waals surface area contributed by atoms with Crippen molar-refractivity contribution in [3.05, 3.63) is 0 Å². The number of hydrogen-bond acceptors (Lipinski definition) is 2. The molecule has 2 N–H and O–H groups in total. The molecule has 88 valence electrons. The highest BCUT2D eigenvalue weighted by atomic mass is 16.2. The molecule has 0 aliphatic heterocycles. The Bertz CT molecular complexity index is 198. The summed E-state index contributed by atoms with van der Waals surface area (Å²) in [5.41, 5.74) is 0. The third-order valence-electron chi connectivity index (χ3n) is 3.16. The van der Waals surface area contributed by atoms with Gasteiger partial charge in [0, 0.05) is 13.1 Å². The third-order valence-corrected chi connectivity index (χ3v) is 3.16. The van der Waals surface area contributed by atoms with Crippen LogP contribution in [0.15, 0.2) is 0 Å². The largest absolute Gasteiger partial charge is 0.358 e. The van der Waals surface area contributed by atoms with E-state index in [1.807, 2.05) is 0 Å². The van der Waals surface area contributed by atoms with E-state index >= 15 is 0 Å². The molecule has 1 aliphatic rings. The maximum atomic E-state index is 11.8. The Morgan fingerprint density at radius 2 is 1.80 bits per heavy atom. The molecule has 0 bridgehead atoms. The van der Waals surface area contributed by atoms with Crippen molar-refractivity contribution in [2.75, 3.05) is 7.05 Å². The van der Waals surface area contributed by atoms with Crippen molar-refractivity contribution in [2.45, 2.75) is 58.0 Å². The zero-order valence-electron chi connectivity index (χ0n) is 10.2. The molecule has 1 aliphatic carbocycles.